The molecule has 0 aliphatic carbocycles. The number of ether oxygens (including phenoxy) is 3. The number of sulfonamides is 1. The standard InChI is InChI=1S/C27H30N2O6S/c1-33-25-13-12-24(18-26(25)34-2)36(31,32)29-16-14-21(15-17-29)27(30)28-22-8-10-23(11-9-22)35-19-20-6-4-3-5-7-20/h3-13,18,21H,14-17,19H2,1-2H3,(H,28,30). The lowest BCUT2D eigenvalue weighted by Crippen LogP contribution is -2.41. The summed E-state index contributed by atoms with van der Waals surface area (Å²) < 4.78 is 43.9. The fourth-order valence-electron chi connectivity index (χ4n) is 4.10. The Labute approximate surface area is 211 Å². The van der Waals surface area contributed by atoms with Gasteiger partial charge in [-0.25, -0.2) is 8.42 Å². The quantitative estimate of drug-likeness (QED) is 0.461. The molecule has 0 atom stereocenters. The summed E-state index contributed by atoms with van der Waals surface area (Å²) in [7, 11) is -0.748. The highest BCUT2D eigenvalue weighted by atomic mass is 32.2. The third-order valence-electron chi connectivity index (χ3n) is 6.19. The van der Waals surface area contributed by atoms with Crippen molar-refractivity contribution in [1.29, 1.82) is 0 Å². The lowest BCUT2D eigenvalue weighted by atomic mass is 9.97. The Morgan fingerprint density at radius 3 is 2.22 bits per heavy atom. The smallest absolute Gasteiger partial charge is 0.243 e. The third-order valence-corrected chi connectivity index (χ3v) is 8.08. The third kappa shape index (κ3) is 5.98. The average Bonchev–Trinajstić information content (AvgIpc) is 2.92. The van der Waals surface area contributed by atoms with Crippen LogP contribution in [-0.4, -0.2) is 45.9 Å². The molecular formula is C27H30N2O6S. The minimum Gasteiger partial charge on any atom is -0.493 e. The molecule has 1 saturated heterocycles. The van der Waals surface area contributed by atoms with E-state index in [-0.39, 0.29) is 29.8 Å². The molecule has 0 saturated carbocycles. The normalized spacial score (nSPS) is 14.7. The van der Waals surface area contributed by atoms with E-state index < -0.39 is 10.0 Å². The van der Waals surface area contributed by atoms with Gasteiger partial charge in [-0.2, -0.15) is 4.31 Å². The first kappa shape index (κ1) is 25.5. The summed E-state index contributed by atoms with van der Waals surface area (Å²) in [5, 5.41) is 2.93. The molecule has 0 aromatic heterocycles. The number of nitrogens with zero attached hydrogens (tertiary/aromatic N) is 1. The monoisotopic (exact) mass is 510 g/mol. The minimum atomic E-state index is -3.71. The number of nitrogens with one attached hydrogen (secondary N) is 1. The van der Waals surface area contributed by atoms with E-state index in [1.165, 1.54) is 30.7 Å². The van der Waals surface area contributed by atoms with Crippen molar-refractivity contribution in [3.8, 4) is 17.2 Å². The van der Waals surface area contributed by atoms with Crippen molar-refractivity contribution in [3.05, 3.63) is 78.4 Å². The Kier molecular flexibility index (Phi) is 8.12. The molecule has 0 radical (unpaired) electrons. The Bertz CT molecular complexity index is 1270. The van der Waals surface area contributed by atoms with Gasteiger partial charge in [-0.1, -0.05) is 30.3 Å². The van der Waals surface area contributed by atoms with Crippen LogP contribution >= 0.6 is 0 Å². The molecule has 1 N–H and O–H groups in total. The van der Waals surface area contributed by atoms with Gasteiger partial charge in [-0.15, -0.1) is 0 Å². The fourth-order valence-corrected chi connectivity index (χ4v) is 5.59. The average molecular weight is 511 g/mol. The largest absolute Gasteiger partial charge is 0.493 e. The number of carbonyl (C=O) groups is 1. The van der Waals surface area contributed by atoms with Crippen molar-refractivity contribution < 1.29 is 27.4 Å². The van der Waals surface area contributed by atoms with E-state index >= 15 is 0 Å². The molecule has 0 spiro atoms. The summed E-state index contributed by atoms with van der Waals surface area (Å²) in [5.74, 6) is 1.14. The van der Waals surface area contributed by atoms with E-state index in [1.807, 2.05) is 42.5 Å². The van der Waals surface area contributed by atoms with Crippen molar-refractivity contribution >= 4 is 21.6 Å². The molecule has 9 heteroatoms. The Morgan fingerprint density at radius 2 is 1.58 bits per heavy atom. The Hall–Kier alpha value is -3.56. The number of carbonyl (C=O) groups excluding carboxylic acids is 1. The van der Waals surface area contributed by atoms with Crippen LogP contribution in [0.5, 0.6) is 17.2 Å². The zero-order valence-corrected chi connectivity index (χ0v) is 21.2. The maximum atomic E-state index is 13.1. The second-order valence-electron chi connectivity index (χ2n) is 8.48. The lowest BCUT2D eigenvalue weighted by Gasteiger charge is -2.30. The van der Waals surface area contributed by atoms with Crippen LogP contribution in [0.15, 0.2) is 77.7 Å². The zero-order valence-electron chi connectivity index (χ0n) is 20.3. The summed E-state index contributed by atoms with van der Waals surface area (Å²) in [6.07, 6.45) is 0.882. The van der Waals surface area contributed by atoms with E-state index in [4.69, 9.17) is 14.2 Å². The number of anilines is 1. The number of benzene rings is 3. The van der Waals surface area contributed by atoms with Crippen LogP contribution in [0.25, 0.3) is 0 Å². The predicted molar refractivity (Wildman–Crippen MR) is 137 cm³/mol. The summed E-state index contributed by atoms with van der Waals surface area (Å²) in [6, 6.07) is 21.7. The van der Waals surface area contributed by atoms with E-state index in [0.29, 0.717) is 42.4 Å². The predicted octanol–water partition coefficient (Wildman–Crippen LogP) is 4.32. The lowest BCUT2D eigenvalue weighted by molar-refractivity contribution is -0.120. The highest BCUT2D eigenvalue weighted by molar-refractivity contribution is 7.89. The number of hydrogen-bond acceptors (Lipinski definition) is 6. The molecular weight excluding hydrogens is 480 g/mol. The van der Waals surface area contributed by atoms with Crippen molar-refractivity contribution in [1.82, 2.24) is 4.31 Å². The summed E-state index contributed by atoms with van der Waals surface area (Å²) in [6.45, 7) is 0.999. The second-order valence-corrected chi connectivity index (χ2v) is 10.4. The first-order valence-electron chi connectivity index (χ1n) is 11.7. The molecule has 36 heavy (non-hydrogen) atoms. The highest BCUT2D eigenvalue weighted by Gasteiger charge is 2.32. The number of rotatable bonds is 9. The van der Waals surface area contributed by atoms with Crippen molar-refractivity contribution in [2.24, 2.45) is 5.92 Å². The van der Waals surface area contributed by atoms with E-state index in [9.17, 15) is 13.2 Å². The van der Waals surface area contributed by atoms with Gasteiger partial charge in [0.25, 0.3) is 0 Å². The molecule has 1 heterocycles. The van der Waals surface area contributed by atoms with E-state index in [0.717, 1.165) is 5.56 Å². The molecule has 4 rings (SSSR count). The van der Waals surface area contributed by atoms with Gasteiger partial charge >= 0.3 is 0 Å². The molecule has 1 fully saturated rings. The van der Waals surface area contributed by atoms with Gasteiger partial charge in [-0.05, 0) is 54.8 Å². The first-order valence-corrected chi connectivity index (χ1v) is 13.1. The van der Waals surface area contributed by atoms with Gasteiger partial charge in [0, 0.05) is 30.8 Å². The van der Waals surface area contributed by atoms with Crippen molar-refractivity contribution in [2.75, 3.05) is 32.6 Å². The SMILES string of the molecule is COc1ccc(S(=O)(=O)N2CCC(C(=O)Nc3ccc(OCc4ccccc4)cc3)CC2)cc1OC. The molecule has 0 unspecified atom stereocenters. The van der Waals surface area contributed by atoms with Crippen LogP contribution in [0.3, 0.4) is 0 Å². The molecule has 3 aromatic carbocycles. The van der Waals surface area contributed by atoms with Crippen molar-refractivity contribution in [3.63, 3.8) is 0 Å². The first-order chi connectivity index (χ1) is 17.4. The summed E-state index contributed by atoms with van der Waals surface area (Å²) >= 11 is 0. The molecule has 1 aliphatic rings. The summed E-state index contributed by atoms with van der Waals surface area (Å²) in [5.41, 5.74) is 1.75. The maximum Gasteiger partial charge on any atom is 0.243 e. The van der Waals surface area contributed by atoms with Gasteiger partial charge in [0.15, 0.2) is 11.5 Å². The van der Waals surface area contributed by atoms with Crippen LogP contribution in [0.2, 0.25) is 0 Å². The molecule has 3 aromatic rings. The van der Waals surface area contributed by atoms with Gasteiger partial charge in [0.1, 0.15) is 12.4 Å². The van der Waals surface area contributed by atoms with Gasteiger partial charge in [0.2, 0.25) is 15.9 Å². The van der Waals surface area contributed by atoms with Crippen LogP contribution < -0.4 is 19.5 Å². The fraction of sp³-hybridized carbons (Fsp3) is 0.296. The van der Waals surface area contributed by atoms with Gasteiger partial charge in [-0.3, -0.25) is 4.79 Å². The molecule has 1 aliphatic heterocycles. The molecule has 0 bridgehead atoms. The zero-order chi connectivity index (χ0) is 25.5. The summed E-state index contributed by atoms with van der Waals surface area (Å²) in [4.78, 5) is 12.9. The minimum absolute atomic E-state index is 0.115. The van der Waals surface area contributed by atoms with Crippen LogP contribution in [0.1, 0.15) is 18.4 Å². The highest BCUT2D eigenvalue weighted by Crippen LogP contribution is 2.32. The van der Waals surface area contributed by atoms with Gasteiger partial charge in [0.05, 0.1) is 19.1 Å². The number of piperidine rings is 1. The van der Waals surface area contributed by atoms with Crippen molar-refractivity contribution in [2.45, 2.75) is 24.3 Å². The topological polar surface area (TPSA) is 94.2 Å². The van der Waals surface area contributed by atoms with E-state index in [1.54, 1.807) is 18.2 Å². The number of hydrogen-bond donors (Lipinski definition) is 1. The molecule has 190 valence electrons. The molecule has 8 nitrogen and oxygen atoms in total. The molecule has 1 amide bonds. The number of amides is 1. The van der Waals surface area contributed by atoms with E-state index in [2.05, 4.69) is 5.32 Å². The number of methoxy groups -OCH3 is 2. The van der Waals surface area contributed by atoms with Crippen LogP contribution in [-0.2, 0) is 21.4 Å². The maximum absolute atomic E-state index is 13.1. The Balaban J connectivity index is 1.30. The van der Waals surface area contributed by atoms with Crippen LogP contribution in [0.4, 0.5) is 5.69 Å². The Morgan fingerprint density at radius 1 is 0.917 bits per heavy atom. The van der Waals surface area contributed by atoms with Crippen LogP contribution in [0, 0.1) is 5.92 Å². The second kappa shape index (κ2) is 11.5. The van der Waals surface area contributed by atoms with Gasteiger partial charge < -0.3 is 19.5 Å².